The SMILES string of the molecule is C=CC(NCC)c1snnc1CCC. The molecule has 78 valence electrons. The van der Waals surface area contributed by atoms with Gasteiger partial charge in [0.25, 0.3) is 0 Å². The smallest absolute Gasteiger partial charge is 0.0806 e. The van der Waals surface area contributed by atoms with E-state index < -0.39 is 0 Å². The molecule has 0 saturated carbocycles. The average Bonchev–Trinajstić information content (AvgIpc) is 2.63. The Kier molecular flexibility index (Phi) is 4.76. The summed E-state index contributed by atoms with van der Waals surface area (Å²) in [6.45, 7) is 9.00. The van der Waals surface area contributed by atoms with Crippen LogP contribution in [-0.2, 0) is 6.42 Å². The van der Waals surface area contributed by atoms with Gasteiger partial charge >= 0.3 is 0 Å². The molecular weight excluding hydrogens is 194 g/mol. The van der Waals surface area contributed by atoms with Crippen molar-refractivity contribution < 1.29 is 0 Å². The van der Waals surface area contributed by atoms with Crippen molar-refractivity contribution in [2.24, 2.45) is 0 Å². The molecular formula is C10H17N3S. The average molecular weight is 211 g/mol. The maximum atomic E-state index is 4.14. The zero-order valence-corrected chi connectivity index (χ0v) is 9.60. The van der Waals surface area contributed by atoms with Crippen molar-refractivity contribution in [3.63, 3.8) is 0 Å². The molecule has 14 heavy (non-hydrogen) atoms. The largest absolute Gasteiger partial charge is 0.306 e. The van der Waals surface area contributed by atoms with E-state index in [4.69, 9.17) is 0 Å². The molecule has 0 aromatic carbocycles. The van der Waals surface area contributed by atoms with Crippen molar-refractivity contribution in [1.82, 2.24) is 14.9 Å². The van der Waals surface area contributed by atoms with Crippen molar-refractivity contribution >= 4 is 11.5 Å². The number of nitrogens with zero attached hydrogens (tertiary/aromatic N) is 2. The highest BCUT2D eigenvalue weighted by Gasteiger charge is 2.14. The first-order valence-corrected chi connectivity index (χ1v) is 5.77. The van der Waals surface area contributed by atoms with Crippen LogP contribution in [0.2, 0.25) is 0 Å². The maximum absolute atomic E-state index is 4.14. The quantitative estimate of drug-likeness (QED) is 0.734. The van der Waals surface area contributed by atoms with Gasteiger partial charge in [0.1, 0.15) is 0 Å². The van der Waals surface area contributed by atoms with Crippen LogP contribution in [0.3, 0.4) is 0 Å². The van der Waals surface area contributed by atoms with E-state index in [-0.39, 0.29) is 6.04 Å². The number of likely N-dealkylation sites (N-methyl/N-ethyl adjacent to an activating group) is 1. The summed E-state index contributed by atoms with van der Waals surface area (Å²) < 4.78 is 4.00. The summed E-state index contributed by atoms with van der Waals surface area (Å²) in [7, 11) is 0. The lowest BCUT2D eigenvalue weighted by atomic mass is 10.1. The van der Waals surface area contributed by atoms with Crippen molar-refractivity contribution in [1.29, 1.82) is 0 Å². The molecule has 1 N–H and O–H groups in total. The highest BCUT2D eigenvalue weighted by atomic mass is 32.1. The van der Waals surface area contributed by atoms with Crippen LogP contribution in [0.15, 0.2) is 12.7 Å². The van der Waals surface area contributed by atoms with E-state index >= 15 is 0 Å². The summed E-state index contributed by atoms with van der Waals surface area (Å²) >= 11 is 1.47. The van der Waals surface area contributed by atoms with Crippen LogP contribution in [0.5, 0.6) is 0 Å². The molecule has 0 aliphatic carbocycles. The van der Waals surface area contributed by atoms with Crippen LogP contribution >= 0.6 is 11.5 Å². The van der Waals surface area contributed by atoms with Crippen molar-refractivity contribution in [2.45, 2.75) is 32.7 Å². The lowest BCUT2D eigenvalue weighted by Crippen LogP contribution is -2.18. The highest BCUT2D eigenvalue weighted by Crippen LogP contribution is 2.22. The molecule has 1 unspecified atom stereocenters. The normalized spacial score (nSPS) is 12.7. The number of hydrogen-bond acceptors (Lipinski definition) is 4. The Balaban J connectivity index is 2.79. The van der Waals surface area contributed by atoms with Crippen LogP contribution in [0, 0.1) is 0 Å². The van der Waals surface area contributed by atoms with E-state index in [1.165, 1.54) is 16.4 Å². The Morgan fingerprint density at radius 3 is 2.93 bits per heavy atom. The molecule has 0 fully saturated rings. The van der Waals surface area contributed by atoms with Gasteiger partial charge in [-0.3, -0.25) is 0 Å². The third-order valence-electron chi connectivity index (χ3n) is 2.01. The first-order chi connectivity index (χ1) is 6.83. The minimum atomic E-state index is 0.210. The van der Waals surface area contributed by atoms with Gasteiger partial charge in [0, 0.05) is 0 Å². The van der Waals surface area contributed by atoms with Gasteiger partial charge in [0.15, 0.2) is 0 Å². The van der Waals surface area contributed by atoms with E-state index in [9.17, 15) is 0 Å². The summed E-state index contributed by atoms with van der Waals surface area (Å²) in [6, 6.07) is 0.210. The molecule has 1 aromatic heterocycles. The van der Waals surface area contributed by atoms with Crippen molar-refractivity contribution in [2.75, 3.05) is 6.54 Å². The summed E-state index contributed by atoms with van der Waals surface area (Å²) in [5.41, 5.74) is 1.11. The Morgan fingerprint density at radius 2 is 2.36 bits per heavy atom. The van der Waals surface area contributed by atoms with Gasteiger partial charge in [-0.2, -0.15) is 0 Å². The molecule has 0 aliphatic rings. The fourth-order valence-corrected chi connectivity index (χ4v) is 2.13. The van der Waals surface area contributed by atoms with Crippen LogP contribution in [0.25, 0.3) is 0 Å². The Morgan fingerprint density at radius 1 is 1.57 bits per heavy atom. The second-order valence-corrected chi connectivity index (χ2v) is 3.89. The van der Waals surface area contributed by atoms with E-state index in [1.807, 2.05) is 6.08 Å². The van der Waals surface area contributed by atoms with Crippen molar-refractivity contribution in [3.8, 4) is 0 Å². The van der Waals surface area contributed by atoms with E-state index in [0.29, 0.717) is 0 Å². The molecule has 1 atom stereocenters. The van der Waals surface area contributed by atoms with Gasteiger partial charge in [-0.05, 0) is 24.5 Å². The summed E-state index contributed by atoms with van der Waals surface area (Å²) in [5, 5.41) is 7.48. The summed E-state index contributed by atoms with van der Waals surface area (Å²) in [6.07, 6.45) is 4.02. The van der Waals surface area contributed by atoms with Crippen molar-refractivity contribution in [3.05, 3.63) is 23.2 Å². The highest BCUT2D eigenvalue weighted by molar-refractivity contribution is 7.05. The van der Waals surface area contributed by atoms with Gasteiger partial charge < -0.3 is 5.32 Å². The minimum absolute atomic E-state index is 0.210. The number of rotatable bonds is 6. The molecule has 0 saturated heterocycles. The third kappa shape index (κ3) is 2.62. The zero-order chi connectivity index (χ0) is 10.4. The number of hydrogen-bond donors (Lipinski definition) is 1. The molecule has 0 aliphatic heterocycles. The molecule has 4 heteroatoms. The number of aromatic nitrogens is 2. The predicted octanol–water partition coefficient (Wildman–Crippen LogP) is 2.33. The molecule has 0 spiro atoms. The molecule has 1 aromatic rings. The molecule has 1 heterocycles. The fourth-order valence-electron chi connectivity index (χ4n) is 1.36. The second kappa shape index (κ2) is 5.88. The zero-order valence-electron chi connectivity index (χ0n) is 8.79. The number of aryl methyl sites for hydroxylation is 1. The minimum Gasteiger partial charge on any atom is -0.306 e. The van der Waals surface area contributed by atoms with Gasteiger partial charge in [0.05, 0.1) is 16.6 Å². The standard InChI is InChI=1S/C10H17N3S/c1-4-7-9-10(14-13-12-9)8(5-2)11-6-3/h5,8,11H,2,4,6-7H2,1,3H3. The second-order valence-electron chi connectivity index (χ2n) is 3.10. The summed E-state index contributed by atoms with van der Waals surface area (Å²) in [4.78, 5) is 1.21. The van der Waals surface area contributed by atoms with Crippen LogP contribution in [0.4, 0.5) is 0 Å². The lowest BCUT2D eigenvalue weighted by Gasteiger charge is -2.11. The topological polar surface area (TPSA) is 37.8 Å². The van der Waals surface area contributed by atoms with E-state index in [2.05, 4.69) is 35.3 Å². The first kappa shape index (κ1) is 11.3. The molecule has 0 bridgehead atoms. The third-order valence-corrected chi connectivity index (χ3v) is 2.86. The molecule has 0 radical (unpaired) electrons. The first-order valence-electron chi connectivity index (χ1n) is 5.00. The van der Waals surface area contributed by atoms with Gasteiger partial charge in [0.2, 0.25) is 0 Å². The van der Waals surface area contributed by atoms with E-state index in [1.54, 1.807) is 0 Å². The molecule has 0 amide bonds. The fraction of sp³-hybridized carbons (Fsp3) is 0.600. The van der Waals surface area contributed by atoms with Gasteiger partial charge in [-0.1, -0.05) is 30.8 Å². The molecule has 1 rings (SSSR count). The van der Waals surface area contributed by atoms with Gasteiger partial charge in [-0.15, -0.1) is 11.7 Å². The van der Waals surface area contributed by atoms with Gasteiger partial charge in [-0.25, -0.2) is 0 Å². The van der Waals surface area contributed by atoms with Crippen LogP contribution in [-0.4, -0.2) is 16.1 Å². The maximum Gasteiger partial charge on any atom is 0.0806 e. The Hall–Kier alpha value is -0.740. The van der Waals surface area contributed by atoms with Crippen LogP contribution in [0.1, 0.15) is 36.9 Å². The summed E-state index contributed by atoms with van der Waals surface area (Å²) in [5.74, 6) is 0. The molecule has 3 nitrogen and oxygen atoms in total. The predicted molar refractivity (Wildman–Crippen MR) is 60.5 cm³/mol. The monoisotopic (exact) mass is 211 g/mol. The van der Waals surface area contributed by atoms with E-state index in [0.717, 1.165) is 25.1 Å². The Bertz CT molecular complexity index is 283. The van der Waals surface area contributed by atoms with Crippen LogP contribution < -0.4 is 5.32 Å². The number of nitrogens with one attached hydrogen (secondary N) is 1. The lowest BCUT2D eigenvalue weighted by molar-refractivity contribution is 0.648. The Labute approximate surface area is 89.4 Å².